The second kappa shape index (κ2) is 5.98. The van der Waals surface area contributed by atoms with E-state index >= 15 is 0 Å². The van der Waals surface area contributed by atoms with Crippen LogP contribution in [-0.4, -0.2) is 24.5 Å². The fourth-order valence-corrected chi connectivity index (χ4v) is 1.62. The molecule has 0 aliphatic rings. The highest BCUT2D eigenvalue weighted by Crippen LogP contribution is 2.15. The van der Waals surface area contributed by atoms with E-state index in [1.54, 1.807) is 25.6 Å². The molecule has 0 radical (unpaired) electrons. The first-order valence-electron chi connectivity index (χ1n) is 4.79. The van der Waals surface area contributed by atoms with Crippen molar-refractivity contribution in [3.63, 3.8) is 0 Å². The molecule has 0 aromatic carbocycles. The lowest BCUT2D eigenvalue weighted by Gasteiger charge is -2.09. The molecular weight excluding hydrogens is 258 g/mol. The summed E-state index contributed by atoms with van der Waals surface area (Å²) >= 11 is 3.29. The zero-order valence-electron chi connectivity index (χ0n) is 8.87. The molecule has 0 spiro atoms. The Bertz CT molecular complexity index is 341. The van der Waals surface area contributed by atoms with Crippen molar-refractivity contribution in [1.82, 2.24) is 4.98 Å². The Morgan fingerprint density at radius 3 is 2.93 bits per heavy atom. The van der Waals surface area contributed by atoms with Crippen molar-refractivity contribution in [3.05, 3.63) is 28.5 Å². The number of Topliss-reactive ketones (excluding diaryl/α,β-unsaturated/α-hetero) is 1. The summed E-state index contributed by atoms with van der Waals surface area (Å²) in [5, 5.41) is 0. The fraction of sp³-hybridized carbons (Fsp3) is 0.455. The van der Waals surface area contributed by atoms with Gasteiger partial charge < -0.3 is 4.74 Å². The van der Waals surface area contributed by atoms with Gasteiger partial charge in [0.25, 0.3) is 0 Å². The molecule has 0 aliphatic carbocycles. The molecule has 1 aromatic rings. The summed E-state index contributed by atoms with van der Waals surface area (Å²) in [4.78, 5) is 15.9. The normalized spacial score (nSPS) is 12.5. The molecule has 4 heteroatoms. The van der Waals surface area contributed by atoms with Gasteiger partial charge in [0.15, 0.2) is 5.78 Å². The topological polar surface area (TPSA) is 39.2 Å². The molecule has 1 unspecified atom stereocenters. The average Bonchev–Trinajstić information content (AvgIpc) is 2.24. The third-order valence-corrected chi connectivity index (χ3v) is 2.63. The van der Waals surface area contributed by atoms with Crippen LogP contribution in [0, 0.1) is 5.92 Å². The van der Waals surface area contributed by atoms with E-state index < -0.39 is 0 Å². The Balaban J connectivity index is 2.67. The van der Waals surface area contributed by atoms with Crippen LogP contribution in [0.15, 0.2) is 22.9 Å². The summed E-state index contributed by atoms with van der Waals surface area (Å²) in [6.45, 7) is 2.51. The van der Waals surface area contributed by atoms with Gasteiger partial charge in [-0.2, -0.15) is 0 Å². The summed E-state index contributed by atoms with van der Waals surface area (Å²) in [5.74, 6) is 0.0851. The van der Waals surface area contributed by atoms with E-state index in [0.29, 0.717) is 12.2 Å². The predicted molar refractivity (Wildman–Crippen MR) is 61.9 cm³/mol. The average molecular weight is 272 g/mol. The summed E-state index contributed by atoms with van der Waals surface area (Å²) in [6.07, 6.45) is 3.99. The molecule has 1 aromatic heterocycles. The fourth-order valence-electron chi connectivity index (χ4n) is 1.26. The Labute approximate surface area is 98.0 Å². The molecule has 82 valence electrons. The van der Waals surface area contributed by atoms with Crippen molar-refractivity contribution in [2.24, 2.45) is 5.92 Å². The van der Waals surface area contributed by atoms with Gasteiger partial charge in [0.1, 0.15) is 0 Å². The molecule has 1 heterocycles. The van der Waals surface area contributed by atoms with Gasteiger partial charge in [-0.1, -0.05) is 6.92 Å². The summed E-state index contributed by atoms with van der Waals surface area (Å²) in [6, 6.07) is 1.79. The van der Waals surface area contributed by atoms with Gasteiger partial charge in [-0.25, -0.2) is 0 Å². The van der Waals surface area contributed by atoms with E-state index in [1.807, 2.05) is 6.92 Å². The van der Waals surface area contributed by atoms with Crippen LogP contribution >= 0.6 is 15.9 Å². The highest BCUT2D eigenvalue weighted by Gasteiger charge is 2.15. The molecule has 0 amide bonds. The van der Waals surface area contributed by atoms with Crippen LogP contribution in [0.1, 0.15) is 23.7 Å². The van der Waals surface area contributed by atoms with Crippen molar-refractivity contribution in [2.45, 2.75) is 13.3 Å². The van der Waals surface area contributed by atoms with Gasteiger partial charge in [-0.05, 0) is 28.4 Å². The number of pyridine rings is 1. The number of hydrogen-bond acceptors (Lipinski definition) is 3. The smallest absolute Gasteiger partial charge is 0.167 e. The first-order valence-corrected chi connectivity index (χ1v) is 5.58. The zero-order valence-corrected chi connectivity index (χ0v) is 10.5. The molecule has 3 nitrogen and oxygen atoms in total. The number of carbonyl (C=O) groups excluding carboxylic acids is 1. The standard InChI is InChI=1S/C11H14BrNO2/c1-8(3-4-15-2)11(14)9-5-10(12)7-13-6-9/h5-8H,3-4H2,1-2H3. The monoisotopic (exact) mass is 271 g/mol. The van der Waals surface area contributed by atoms with Crippen molar-refractivity contribution in [1.29, 1.82) is 0 Å². The molecule has 0 bridgehead atoms. The van der Waals surface area contributed by atoms with Gasteiger partial charge in [-0.3, -0.25) is 9.78 Å². The minimum Gasteiger partial charge on any atom is -0.385 e. The van der Waals surface area contributed by atoms with Gasteiger partial charge >= 0.3 is 0 Å². The molecule has 0 saturated heterocycles. The van der Waals surface area contributed by atoms with Crippen LogP contribution in [0.25, 0.3) is 0 Å². The van der Waals surface area contributed by atoms with Crippen LogP contribution in [-0.2, 0) is 4.74 Å². The first-order chi connectivity index (χ1) is 7.15. The maximum absolute atomic E-state index is 11.9. The third kappa shape index (κ3) is 3.72. The minimum atomic E-state index is -0.0268. The minimum absolute atomic E-state index is 0.0268. The third-order valence-electron chi connectivity index (χ3n) is 2.19. The molecule has 0 N–H and O–H groups in total. The highest BCUT2D eigenvalue weighted by atomic mass is 79.9. The maximum atomic E-state index is 11.9. The van der Waals surface area contributed by atoms with Crippen LogP contribution in [0.3, 0.4) is 0 Å². The number of methoxy groups -OCH3 is 1. The van der Waals surface area contributed by atoms with Gasteiger partial charge in [0, 0.05) is 42.1 Å². The van der Waals surface area contributed by atoms with Crippen molar-refractivity contribution < 1.29 is 9.53 Å². The summed E-state index contributed by atoms with van der Waals surface area (Å²) in [7, 11) is 1.64. The molecular formula is C11H14BrNO2. The highest BCUT2D eigenvalue weighted by molar-refractivity contribution is 9.10. The lowest BCUT2D eigenvalue weighted by Crippen LogP contribution is -2.13. The number of halogens is 1. The largest absolute Gasteiger partial charge is 0.385 e. The SMILES string of the molecule is COCCC(C)C(=O)c1cncc(Br)c1. The van der Waals surface area contributed by atoms with E-state index in [0.717, 1.165) is 10.9 Å². The Hall–Kier alpha value is -0.740. The van der Waals surface area contributed by atoms with Gasteiger partial charge in [-0.15, -0.1) is 0 Å². The van der Waals surface area contributed by atoms with Crippen molar-refractivity contribution in [3.8, 4) is 0 Å². The second-order valence-electron chi connectivity index (χ2n) is 3.44. The van der Waals surface area contributed by atoms with Crippen molar-refractivity contribution >= 4 is 21.7 Å². The van der Waals surface area contributed by atoms with E-state index in [1.165, 1.54) is 0 Å². The number of aromatic nitrogens is 1. The number of ether oxygens (including phenoxy) is 1. The quantitative estimate of drug-likeness (QED) is 0.773. The number of nitrogens with zero attached hydrogens (tertiary/aromatic N) is 1. The van der Waals surface area contributed by atoms with E-state index in [-0.39, 0.29) is 11.7 Å². The van der Waals surface area contributed by atoms with E-state index in [4.69, 9.17) is 4.74 Å². The predicted octanol–water partition coefficient (Wildman–Crippen LogP) is 2.70. The Kier molecular flexibility index (Phi) is 4.91. The Morgan fingerprint density at radius 2 is 2.33 bits per heavy atom. The second-order valence-corrected chi connectivity index (χ2v) is 4.35. The molecule has 0 fully saturated rings. The van der Waals surface area contributed by atoms with Crippen LogP contribution in [0.2, 0.25) is 0 Å². The number of carbonyl (C=O) groups is 1. The van der Waals surface area contributed by atoms with Crippen LogP contribution < -0.4 is 0 Å². The number of rotatable bonds is 5. The first kappa shape index (κ1) is 12.3. The molecule has 1 atom stereocenters. The Morgan fingerprint density at radius 1 is 1.60 bits per heavy atom. The van der Waals surface area contributed by atoms with Gasteiger partial charge in [0.2, 0.25) is 0 Å². The van der Waals surface area contributed by atoms with Crippen LogP contribution in [0.5, 0.6) is 0 Å². The summed E-state index contributed by atoms with van der Waals surface area (Å²) < 4.78 is 5.77. The van der Waals surface area contributed by atoms with E-state index in [2.05, 4.69) is 20.9 Å². The summed E-state index contributed by atoms with van der Waals surface area (Å²) in [5.41, 5.74) is 0.646. The maximum Gasteiger partial charge on any atom is 0.167 e. The van der Waals surface area contributed by atoms with Crippen LogP contribution in [0.4, 0.5) is 0 Å². The molecule has 0 saturated carbocycles. The lowest BCUT2D eigenvalue weighted by molar-refractivity contribution is 0.0893. The number of ketones is 1. The molecule has 0 aliphatic heterocycles. The zero-order chi connectivity index (χ0) is 11.3. The van der Waals surface area contributed by atoms with E-state index in [9.17, 15) is 4.79 Å². The lowest BCUT2D eigenvalue weighted by atomic mass is 9.98. The van der Waals surface area contributed by atoms with Crippen molar-refractivity contribution in [2.75, 3.05) is 13.7 Å². The molecule has 1 rings (SSSR count). The number of hydrogen-bond donors (Lipinski definition) is 0. The molecule has 15 heavy (non-hydrogen) atoms. The van der Waals surface area contributed by atoms with Gasteiger partial charge in [0.05, 0.1) is 0 Å².